The average Bonchev–Trinajstić information content (AvgIpc) is 2.65. The predicted molar refractivity (Wildman–Crippen MR) is 105 cm³/mol. The van der Waals surface area contributed by atoms with E-state index in [1.807, 2.05) is 43.3 Å². The van der Waals surface area contributed by atoms with E-state index < -0.39 is 0 Å². The molecule has 5 nitrogen and oxygen atoms in total. The smallest absolute Gasteiger partial charge is 0.257 e. The number of carbonyl (C=O) groups excluding carboxylic acids is 1. The van der Waals surface area contributed by atoms with Crippen LogP contribution in [0, 0.1) is 6.92 Å². The van der Waals surface area contributed by atoms with Crippen LogP contribution >= 0.6 is 11.6 Å². The molecule has 26 heavy (non-hydrogen) atoms. The monoisotopic (exact) mass is 367 g/mol. The van der Waals surface area contributed by atoms with Gasteiger partial charge in [-0.1, -0.05) is 23.7 Å². The van der Waals surface area contributed by atoms with Crippen molar-refractivity contribution >= 4 is 34.6 Å². The number of benzene rings is 2. The summed E-state index contributed by atoms with van der Waals surface area (Å²) in [5.41, 5.74) is 3.57. The van der Waals surface area contributed by atoms with Crippen molar-refractivity contribution in [3.63, 3.8) is 0 Å². The van der Waals surface area contributed by atoms with Crippen molar-refractivity contribution < 1.29 is 9.53 Å². The highest BCUT2D eigenvalue weighted by atomic mass is 35.5. The van der Waals surface area contributed by atoms with Gasteiger partial charge in [-0.2, -0.15) is 0 Å². The van der Waals surface area contributed by atoms with Crippen LogP contribution in [0.2, 0.25) is 5.02 Å². The van der Waals surface area contributed by atoms with Crippen LogP contribution in [-0.4, -0.2) is 18.0 Å². The van der Waals surface area contributed by atoms with Crippen molar-refractivity contribution in [2.45, 2.75) is 6.92 Å². The van der Waals surface area contributed by atoms with E-state index in [0.29, 0.717) is 22.0 Å². The van der Waals surface area contributed by atoms with Crippen LogP contribution in [0.5, 0.6) is 5.75 Å². The average molecular weight is 368 g/mol. The van der Waals surface area contributed by atoms with Crippen molar-refractivity contribution in [1.82, 2.24) is 4.98 Å². The standard InChI is InChI=1S/C20H18ClN3O2/c1-13-6-7-16(10-19(13)21)24-20(25)14-8-17(12-22-11-14)23-15-4-3-5-18(9-15)26-2/h3-12,23H,1-2H3,(H,24,25). The van der Waals surface area contributed by atoms with Crippen molar-refractivity contribution in [3.8, 4) is 5.75 Å². The first kappa shape index (κ1) is 17.8. The van der Waals surface area contributed by atoms with Crippen LogP contribution < -0.4 is 15.4 Å². The van der Waals surface area contributed by atoms with Gasteiger partial charge in [-0.05, 0) is 42.8 Å². The van der Waals surface area contributed by atoms with Gasteiger partial charge in [-0.25, -0.2) is 0 Å². The summed E-state index contributed by atoms with van der Waals surface area (Å²) in [4.78, 5) is 16.6. The Labute approximate surface area is 157 Å². The molecule has 0 aliphatic carbocycles. The Hall–Kier alpha value is -3.05. The summed E-state index contributed by atoms with van der Waals surface area (Å²) in [6.45, 7) is 1.91. The lowest BCUT2D eigenvalue weighted by Gasteiger charge is -2.10. The zero-order valence-corrected chi connectivity index (χ0v) is 15.2. The van der Waals surface area contributed by atoms with Gasteiger partial charge >= 0.3 is 0 Å². The normalized spacial score (nSPS) is 10.3. The molecule has 3 rings (SSSR count). The molecule has 0 fully saturated rings. The largest absolute Gasteiger partial charge is 0.497 e. The van der Waals surface area contributed by atoms with Crippen molar-refractivity contribution in [1.29, 1.82) is 0 Å². The molecule has 1 heterocycles. The predicted octanol–water partition coefficient (Wildman–Crippen LogP) is 5.05. The molecule has 0 aliphatic heterocycles. The van der Waals surface area contributed by atoms with E-state index in [4.69, 9.17) is 16.3 Å². The third kappa shape index (κ3) is 4.32. The minimum absolute atomic E-state index is 0.258. The van der Waals surface area contributed by atoms with E-state index in [-0.39, 0.29) is 5.91 Å². The third-order valence-corrected chi connectivity index (χ3v) is 4.20. The molecular weight excluding hydrogens is 350 g/mol. The Kier molecular flexibility index (Phi) is 5.39. The fourth-order valence-electron chi connectivity index (χ4n) is 2.37. The number of hydrogen-bond donors (Lipinski definition) is 2. The minimum atomic E-state index is -0.258. The Morgan fingerprint density at radius 3 is 2.65 bits per heavy atom. The summed E-state index contributed by atoms with van der Waals surface area (Å²) in [6.07, 6.45) is 3.17. The van der Waals surface area contributed by atoms with Crippen molar-refractivity contribution in [3.05, 3.63) is 77.1 Å². The Morgan fingerprint density at radius 2 is 1.88 bits per heavy atom. The molecule has 3 aromatic rings. The number of amides is 1. The molecule has 0 radical (unpaired) electrons. The van der Waals surface area contributed by atoms with Gasteiger partial charge in [0.2, 0.25) is 0 Å². The lowest BCUT2D eigenvalue weighted by Crippen LogP contribution is -2.12. The van der Waals surface area contributed by atoms with E-state index in [0.717, 1.165) is 17.0 Å². The Morgan fingerprint density at radius 1 is 1.04 bits per heavy atom. The highest BCUT2D eigenvalue weighted by molar-refractivity contribution is 6.31. The summed E-state index contributed by atoms with van der Waals surface area (Å²) in [5, 5.41) is 6.64. The molecule has 1 amide bonds. The summed E-state index contributed by atoms with van der Waals surface area (Å²) in [6, 6.07) is 14.6. The Balaban J connectivity index is 1.75. The van der Waals surface area contributed by atoms with E-state index in [9.17, 15) is 4.79 Å². The third-order valence-electron chi connectivity index (χ3n) is 3.79. The second-order valence-electron chi connectivity index (χ2n) is 5.74. The molecule has 0 aliphatic rings. The summed E-state index contributed by atoms with van der Waals surface area (Å²) >= 11 is 6.10. The molecule has 1 aromatic heterocycles. The fourth-order valence-corrected chi connectivity index (χ4v) is 2.55. The number of aryl methyl sites for hydroxylation is 1. The number of rotatable bonds is 5. The molecule has 0 spiro atoms. The summed E-state index contributed by atoms with van der Waals surface area (Å²) < 4.78 is 5.21. The van der Waals surface area contributed by atoms with Gasteiger partial charge in [0.25, 0.3) is 5.91 Å². The number of pyridine rings is 1. The van der Waals surface area contributed by atoms with Crippen molar-refractivity contribution in [2.24, 2.45) is 0 Å². The molecule has 0 unspecified atom stereocenters. The van der Waals surface area contributed by atoms with Gasteiger partial charge < -0.3 is 15.4 Å². The summed E-state index contributed by atoms with van der Waals surface area (Å²) in [5.74, 6) is 0.486. The first-order valence-corrected chi connectivity index (χ1v) is 8.36. The summed E-state index contributed by atoms with van der Waals surface area (Å²) in [7, 11) is 1.61. The van der Waals surface area contributed by atoms with E-state index in [1.54, 1.807) is 25.4 Å². The number of hydrogen-bond acceptors (Lipinski definition) is 4. The van der Waals surface area contributed by atoms with Crippen LogP contribution in [0.3, 0.4) is 0 Å². The van der Waals surface area contributed by atoms with Crippen molar-refractivity contribution in [2.75, 3.05) is 17.7 Å². The zero-order chi connectivity index (χ0) is 18.5. The van der Waals surface area contributed by atoms with E-state index >= 15 is 0 Å². The lowest BCUT2D eigenvalue weighted by molar-refractivity contribution is 0.102. The molecule has 132 valence electrons. The minimum Gasteiger partial charge on any atom is -0.497 e. The first-order valence-electron chi connectivity index (χ1n) is 7.99. The van der Waals surface area contributed by atoms with Crippen LogP contribution in [-0.2, 0) is 0 Å². The number of anilines is 3. The molecule has 0 bridgehead atoms. The quantitative estimate of drug-likeness (QED) is 0.662. The lowest BCUT2D eigenvalue weighted by atomic mass is 10.2. The number of ether oxygens (including phenoxy) is 1. The maximum atomic E-state index is 12.5. The van der Waals surface area contributed by atoms with Gasteiger partial charge in [0.1, 0.15) is 5.75 Å². The molecule has 0 saturated carbocycles. The number of aromatic nitrogens is 1. The maximum Gasteiger partial charge on any atom is 0.257 e. The van der Waals surface area contributed by atoms with Crippen LogP contribution in [0.25, 0.3) is 0 Å². The molecule has 2 N–H and O–H groups in total. The molecule has 6 heteroatoms. The first-order chi connectivity index (χ1) is 12.5. The van der Waals surface area contributed by atoms with Gasteiger partial charge in [0, 0.05) is 28.7 Å². The molecule has 0 atom stereocenters. The molecule has 2 aromatic carbocycles. The highest BCUT2D eigenvalue weighted by Gasteiger charge is 2.09. The molecule has 0 saturated heterocycles. The van der Waals surface area contributed by atoms with Crippen LogP contribution in [0.15, 0.2) is 60.9 Å². The second-order valence-corrected chi connectivity index (χ2v) is 6.14. The Bertz CT molecular complexity index is 944. The number of nitrogens with one attached hydrogen (secondary N) is 2. The number of nitrogens with zero attached hydrogens (tertiary/aromatic N) is 1. The topological polar surface area (TPSA) is 63.2 Å². The highest BCUT2D eigenvalue weighted by Crippen LogP contribution is 2.23. The van der Waals surface area contributed by atoms with E-state index in [1.165, 1.54) is 6.20 Å². The second kappa shape index (κ2) is 7.89. The van der Waals surface area contributed by atoms with Crippen LogP contribution in [0.4, 0.5) is 17.1 Å². The van der Waals surface area contributed by atoms with Gasteiger partial charge in [0.05, 0.1) is 24.6 Å². The fraction of sp³-hybridized carbons (Fsp3) is 0.100. The maximum absolute atomic E-state index is 12.5. The zero-order valence-electron chi connectivity index (χ0n) is 14.4. The van der Waals surface area contributed by atoms with Gasteiger partial charge in [-0.15, -0.1) is 0 Å². The van der Waals surface area contributed by atoms with Gasteiger partial charge in [-0.3, -0.25) is 9.78 Å². The number of halogens is 1. The van der Waals surface area contributed by atoms with Crippen LogP contribution in [0.1, 0.15) is 15.9 Å². The number of methoxy groups -OCH3 is 1. The van der Waals surface area contributed by atoms with E-state index in [2.05, 4.69) is 15.6 Å². The SMILES string of the molecule is COc1cccc(Nc2cncc(C(=O)Nc3ccc(C)c(Cl)c3)c2)c1. The van der Waals surface area contributed by atoms with Gasteiger partial charge in [0.15, 0.2) is 0 Å². The number of carbonyl (C=O) groups is 1. The molecular formula is C20H18ClN3O2.